The summed E-state index contributed by atoms with van der Waals surface area (Å²) in [6, 6.07) is 0.0710. The Morgan fingerprint density at radius 2 is 1.88 bits per heavy atom. The van der Waals surface area contributed by atoms with Crippen molar-refractivity contribution in [1.82, 2.24) is 5.32 Å². The summed E-state index contributed by atoms with van der Waals surface area (Å²) in [6.07, 6.45) is 3.64. The highest BCUT2D eigenvalue weighted by Gasteiger charge is 2.28. The summed E-state index contributed by atoms with van der Waals surface area (Å²) in [6.45, 7) is 3.73. The van der Waals surface area contributed by atoms with Crippen molar-refractivity contribution in [2.75, 3.05) is 5.75 Å². The molecule has 0 aliphatic heterocycles. The zero-order valence-electron chi connectivity index (χ0n) is 10.0. The van der Waals surface area contributed by atoms with Gasteiger partial charge in [0, 0.05) is 12.5 Å². The normalized spacial score (nSPS) is 17.9. The van der Waals surface area contributed by atoms with E-state index in [1.165, 1.54) is 0 Å². The Morgan fingerprint density at radius 3 is 2.38 bits per heavy atom. The molecule has 0 saturated heterocycles. The van der Waals surface area contributed by atoms with Crippen LogP contribution in [-0.2, 0) is 14.6 Å². The second kappa shape index (κ2) is 5.66. The van der Waals surface area contributed by atoms with E-state index in [9.17, 15) is 13.2 Å². The van der Waals surface area contributed by atoms with Crippen LogP contribution in [0.2, 0.25) is 0 Å². The van der Waals surface area contributed by atoms with Gasteiger partial charge in [-0.2, -0.15) is 0 Å². The fraction of sp³-hybridized carbons (Fsp3) is 0.909. The lowest BCUT2D eigenvalue weighted by Crippen LogP contribution is -2.32. The fourth-order valence-corrected chi connectivity index (χ4v) is 3.90. The lowest BCUT2D eigenvalue weighted by molar-refractivity contribution is -0.121. The van der Waals surface area contributed by atoms with E-state index in [0.29, 0.717) is 0 Å². The molecule has 1 amide bonds. The zero-order chi connectivity index (χ0) is 12.2. The topological polar surface area (TPSA) is 63.2 Å². The minimum atomic E-state index is -3.05. The maximum absolute atomic E-state index is 11.8. The van der Waals surface area contributed by atoms with Crippen molar-refractivity contribution in [3.05, 3.63) is 0 Å². The lowest BCUT2D eigenvalue weighted by atomic mass is 10.3. The van der Waals surface area contributed by atoms with Crippen LogP contribution in [0.5, 0.6) is 0 Å². The van der Waals surface area contributed by atoms with E-state index >= 15 is 0 Å². The molecule has 0 aromatic carbocycles. The highest BCUT2D eigenvalue weighted by Crippen LogP contribution is 2.25. The minimum absolute atomic E-state index is 0.00375. The maximum Gasteiger partial charge on any atom is 0.221 e. The zero-order valence-corrected chi connectivity index (χ0v) is 10.8. The van der Waals surface area contributed by atoms with Crippen LogP contribution in [0.4, 0.5) is 0 Å². The maximum atomic E-state index is 11.8. The molecule has 94 valence electrons. The molecule has 0 heterocycles. The van der Waals surface area contributed by atoms with Crippen LogP contribution in [0.1, 0.15) is 46.0 Å². The summed E-state index contributed by atoms with van der Waals surface area (Å²) in [5, 5.41) is 2.51. The van der Waals surface area contributed by atoms with Gasteiger partial charge in [-0.05, 0) is 26.7 Å². The second-order valence-electron chi connectivity index (χ2n) is 4.75. The first-order valence-corrected chi connectivity index (χ1v) is 7.64. The van der Waals surface area contributed by atoms with E-state index in [0.717, 1.165) is 25.7 Å². The quantitative estimate of drug-likeness (QED) is 0.795. The standard InChI is InChI=1S/C11H21NO3S/c1-9(2)12-11(13)7-8-16(14,15)10-5-3-4-6-10/h9-10H,3-8H2,1-2H3,(H,12,13). The third kappa shape index (κ3) is 4.12. The molecule has 0 unspecified atom stereocenters. The molecule has 1 aliphatic carbocycles. The number of carbonyl (C=O) groups excluding carboxylic acids is 1. The van der Waals surface area contributed by atoms with Crippen LogP contribution < -0.4 is 5.32 Å². The highest BCUT2D eigenvalue weighted by molar-refractivity contribution is 7.92. The third-order valence-electron chi connectivity index (χ3n) is 2.87. The molecule has 5 heteroatoms. The SMILES string of the molecule is CC(C)NC(=O)CCS(=O)(=O)C1CCCC1. The van der Waals surface area contributed by atoms with E-state index in [2.05, 4.69) is 5.32 Å². The molecule has 0 radical (unpaired) electrons. The first-order valence-electron chi connectivity index (χ1n) is 5.93. The number of sulfone groups is 1. The molecule has 0 aromatic rings. The summed E-state index contributed by atoms with van der Waals surface area (Å²) >= 11 is 0. The van der Waals surface area contributed by atoms with Gasteiger partial charge in [0.15, 0.2) is 9.84 Å². The smallest absolute Gasteiger partial charge is 0.221 e. The molecule has 1 N–H and O–H groups in total. The van der Waals surface area contributed by atoms with Crippen molar-refractivity contribution in [3.63, 3.8) is 0 Å². The van der Waals surface area contributed by atoms with Crippen LogP contribution >= 0.6 is 0 Å². The number of rotatable bonds is 5. The lowest BCUT2D eigenvalue weighted by Gasteiger charge is -2.12. The van der Waals surface area contributed by atoms with Gasteiger partial charge in [-0.25, -0.2) is 8.42 Å². The Morgan fingerprint density at radius 1 is 1.31 bits per heavy atom. The molecule has 0 aromatic heterocycles. The van der Waals surface area contributed by atoms with Crippen LogP contribution in [0.15, 0.2) is 0 Å². The minimum Gasteiger partial charge on any atom is -0.354 e. The number of amides is 1. The summed E-state index contributed by atoms with van der Waals surface area (Å²) in [4.78, 5) is 11.3. The summed E-state index contributed by atoms with van der Waals surface area (Å²) in [7, 11) is -3.05. The Kier molecular flexibility index (Phi) is 4.77. The molecule has 1 rings (SSSR count). The van der Waals surface area contributed by atoms with Gasteiger partial charge in [0.05, 0.1) is 11.0 Å². The van der Waals surface area contributed by atoms with E-state index in [1.807, 2.05) is 13.8 Å². The van der Waals surface area contributed by atoms with Crippen molar-refractivity contribution >= 4 is 15.7 Å². The van der Waals surface area contributed by atoms with Crippen molar-refractivity contribution in [2.45, 2.75) is 57.2 Å². The Balaban J connectivity index is 2.38. The summed E-state index contributed by atoms with van der Waals surface area (Å²) in [5.41, 5.74) is 0. The predicted molar refractivity (Wildman–Crippen MR) is 63.9 cm³/mol. The Hall–Kier alpha value is -0.580. The first kappa shape index (κ1) is 13.5. The second-order valence-corrected chi connectivity index (χ2v) is 7.15. The van der Waals surface area contributed by atoms with E-state index in [1.54, 1.807) is 0 Å². The van der Waals surface area contributed by atoms with Crippen LogP contribution in [0.25, 0.3) is 0 Å². The van der Waals surface area contributed by atoms with E-state index < -0.39 is 9.84 Å². The molecular formula is C11H21NO3S. The largest absolute Gasteiger partial charge is 0.354 e. The van der Waals surface area contributed by atoms with Gasteiger partial charge in [0.25, 0.3) is 0 Å². The number of hydrogen-bond acceptors (Lipinski definition) is 3. The first-order chi connectivity index (χ1) is 7.42. The van der Waals surface area contributed by atoms with Crippen LogP contribution in [0.3, 0.4) is 0 Å². The third-order valence-corrected chi connectivity index (χ3v) is 5.13. The molecule has 4 nitrogen and oxygen atoms in total. The molecule has 0 spiro atoms. The molecule has 1 saturated carbocycles. The van der Waals surface area contributed by atoms with Crippen LogP contribution in [0, 0.1) is 0 Å². The summed E-state index contributed by atoms with van der Waals surface area (Å²) in [5.74, 6) is -0.174. The monoisotopic (exact) mass is 247 g/mol. The van der Waals surface area contributed by atoms with Gasteiger partial charge < -0.3 is 5.32 Å². The van der Waals surface area contributed by atoms with Crippen LogP contribution in [-0.4, -0.2) is 31.4 Å². The van der Waals surface area contributed by atoms with E-state index in [-0.39, 0.29) is 29.4 Å². The van der Waals surface area contributed by atoms with Gasteiger partial charge >= 0.3 is 0 Å². The molecule has 0 bridgehead atoms. The van der Waals surface area contributed by atoms with Gasteiger partial charge in [0.1, 0.15) is 0 Å². The molecule has 1 aliphatic rings. The van der Waals surface area contributed by atoms with Crippen molar-refractivity contribution in [2.24, 2.45) is 0 Å². The van der Waals surface area contributed by atoms with E-state index in [4.69, 9.17) is 0 Å². The highest BCUT2D eigenvalue weighted by atomic mass is 32.2. The average Bonchev–Trinajstić information content (AvgIpc) is 2.67. The fourth-order valence-electron chi connectivity index (χ4n) is 2.04. The Bertz CT molecular complexity index is 329. The Labute approximate surface area is 97.7 Å². The molecule has 1 fully saturated rings. The van der Waals surface area contributed by atoms with Gasteiger partial charge in [-0.1, -0.05) is 12.8 Å². The molecular weight excluding hydrogens is 226 g/mol. The van der Waals surface area contributed by atoms with Gasteiger partial charge in [0.2, 0.25) is 5.91 Å². The van der Waals surface area contributed by atoms with Crippen molar-refractivity contribution < 1.29 is 13.2 Å². The average molecular weight is 247 g/mol. The predicted octanol–water partition coefficient (Wildman–Crippen LogP) is 1.26. The number of nitrogens with one attached hydrogen (secondary N) is 1. The van der Waals surface area contributed by atoms with Gasteiger partial charge in [-0.15, -0.1) is 0 Å². The van der Waals surface area contributed by atoms with Crippen molar-refractivity contribution in [1.29, 1.82) is 0 Å². The van der Waals surface area contributed by atoms with Crippen molar-refractivity contribution in [3.8, 4) is 0 Å². The number of hydrogen-bond donors (Lipinski definition) is 1. The van der Waals surface area contributed by atoms with Gasteiger partial charge in [-0.3, -0.25) is 4.79 Å². The number of carbonyl (C=O) groups is 1. The summed E-state index contributed by atoms with van der Waals surface area (Å²) < 4.78 is 23.7. The molecule has 0 atom stereocenters. The molecule has 16 heavy (non-hydrogen) atoms.